The second kappa shape index (κ2) is 6.46. The third-order valence-corrected chi connectivity index (χ3v) is 3.30. The van der Waals surface area contributed by atoms with Crippen molar-refractivity contribution in [1.29, 1.82) is 0 Å². The van der Waals surface area contributed by atoms with Crippen LogP contribution in [0.25, 0.3) is 0 Å². The van der Waals surface area contributed by atoms with Crippen molar-refractivity contribution >= 4 is 23.8 Å². The minimum atomic E-state index is -1.87. The lowest BCUT2D eigenvalue weighted by Gasteiger charge is -2.34. The number of nitrogens with one attached hydrogen (secondary N) is 1. The second-order valence-corrected chi connectivity index (χ2v) is 4.65. The van der Waals surface area contributed by atoms with Crippen molar-refractivity contribution in [2.75, 3.05) is 0 Å². The van der Waals surface area contributed by atoms with Gasteiger partial charge in [-0.05, 0) is 19.3 Å². The molecule has 3 unspecified atom stereocenters. The molecule has 1 aliphatic heterocycles. The van der Waals surface area contributed by atoms with Crippen LogP contribution in [0.4, 0.5) is 0 Å². The monoisotopic (exact) mass is 301 g/mol. The Morgan fingerprint density at radius 3 is 2.10 bits per heavy atom. The van der Waals surface area contributed by atoms with Gasteiger partial charge >= 0.3 is 11.9 Å². The zero-order valence-electron chi connectivity index (χ0n) is 10.9. The van der Waals surface area contributed by atoms with Gasteiger partial charge < -0.3 is 20.4 Å². The van der Waals surface area contributed by atoms with E-state index in [1.165, 1.54) is 0 Å². The summed E-state index contributed by atoms with van der Waals surface area (Å²) in [4.78, 5) is 41.5. The summed E-state index contributed by atoms with van der Waals surface area (Å²) in [5, 5.41) is 37.0. The molecular formula is C12H15NO8. The summed E-state index contributed by atoms with van der Waals surface area (Å²) in [6.07, 6.45) is 1.50. The van der Waals surface area contributed by atoms with Crippen molar-refractivity contribution in [3.8, 4) is 0 Å². The Kier molecular flexibility index (Phi) is 5.17. The number of carboxylic acid groups (broad SMARTS) is 2. The zero-order chi connectivity index (χ0) is 16.2. The minimum Gasteiger partial charge on any atom is -0.478 e. The Bertz CT molecular complexity index is 483. The van der Waals surface area contributed by atoms with Crippen molar-refractivity contribution in [2.24, 2.45) is 5.92 Å². The Balaban J connectivity index is 0.000000240. The molecule has 2 rings (SSSR count). The van der Waals surface area contributed by atoms with Crippen LogP contribution in [-0.2, 0) is 19.2 Å². The highest BCUT2D eigenvalue weighted by molar-refractivity contribution is 6.09. The highest BCUT2D eigenvalue weighted by atomic mass is 16.4. The van der Waals surface area contributed by atoms with Gasteiger partial charge in [0.25, 0.3) is 5.91 Å². The van der Waals surface area contributed by atoms with Gasteiger partial charge in [-0.1, -0.05) is 0 Å². The third-order valence-electron chi connectivity index (χ3n) is 3.30. The maximum absolute atomic E-state index is 11.2. The molecule has 0 spiro atoms. The van der Waals surface area contributed by atoms with E-state index in [9.17, 15) is 29.4 Å². The van der Waals surface area contributed by atoms with Crippen LogP contribution < -0.4 is 5.32 Å². The number of aliphatic hydroxyl groups excluding tert-OH is 1. The Morgan fingerprint density at radius 2 is 1.67 bits per heavy atom. The molecule has 0 aromatic rings. The highest BCUT2D eigenvalue weighted by Crippen LogP contribution is 2.37. The van der Waals surface area contributed by atoms with E-state index < -0.39 is 41.4 Å². The molecule has 1 aliphatic carbocycles. The molecule has 2 aliphatic rings. The number of aliphatic hydroxyl groups is 2. The smallest absolute Gasteiger partial charge is 0.328 e. The molecule has 1 saturated carbocycles. The molecule has 116 valence electrons. The van der Waals surface area contributed by atoms with Crippen LogP contribution in [0.15, 0.2) is 12.2 Å². The number of hydrogen-bond donors (Lipinski definition) is 5. The molecule has 2 amide bonds. The number of rotatable bonds is 2. The van der Waals surface area contributed by atoms with Crippen molar-refractivity contribution in [3.63, 3.8) is 0 Å². The number of carboxylic acids is 2. The normalized spacial score (nSPS) is 31.1. The minimum absolute atomic E-state index is 0.369. The van der Waals surface area contributed by atoms with Crippen LogP contribution in [0, 0.1) is 5.92 Å². The van der Waals surface area contributed by atoms with Gasteiger partial charge in [0.15, 0.2) is 5.60 Å². The first-order valence-corrected chi connectivity index (χ1v) is 6.09. The lowest BCUT2D eigenvalue weighted by atomic mass is 9.75. The maximum atomic E-state index is 11.2. The lowest BCUT2D eigenvalue weighted by molar-refractivity contribution is -0.161. The fourth-order valence-electron chi connectivity index (χ4n) is 2.27. The summed E-state index contributed by atoms with van der Waals surface area (Å²) in [5.41, 5.74) is -1.87. The molecule has 0 bridgehead atoms. The molecule has 1 saturated heterocycles. The summed E-state index contributed by atoms with van der Waals surface area (Å²) in [5.74, 6) is -4.50. The quantitative estimate of drug-likeness (QED) is 0.296. The molecule has 9 nitrogen and oxygen atoms in total. The van der Waals surface area contributed by atoms with E-state index in [0.717, 1.165) is 0 Å². The van der Waals surface area contributed by atoms with Gasteiger partial charge in [0.2, 0.25) is 5.91 Å². The number of aliphatic carboxylic acids is 2. The molecule has 9 heteroatoms. The first-order valence-electron chi connectivity index (χ1n) is 6.09. The van der Waals surface area contributed by atoms with Crippen molar-refractivity contribution < 1.29 is 39.6 Å². The molecule has 5 N–H and O–H groups in total. The van der Waals surface area contributed by atoms with Crippen LogP contribution >= 0.6 is 0 Å². The van der Waals surface area contributed by atoms with Gasteiger partial charge in [0.05, 0.1) is 12.0 Å². The van der Waals surface area contributed by atoms with Gasteiger partial charge in [0.1, 0.15) is 0 Å². The van der Waals surface area contributed by atoms with E-state index in [1.807, 2.05) is 5.32 Å². The topological polar surface area (TPSA) is 161 Å². The standard InChI is InChI=1S/C8H11NO4.C4H4O4/c10-5-3-1-2-4-6(11)9-7(12)8(4,5)13;5-3(6)1-2-4(7)8/h4-5,10,13H,1-3H2,(H,9,11,12);1-2H,(H,5,6)(H,7,8)/b;2-1-. The second-order valence-electron chi connectivity index (χ2n) is 4.65. The fraction of sp³-hybridized carbons (Fsp3) is 0.500. The Labute approximate surface area is 118 Å². The first kappa shape index (κ1) is 16.8. The molecule has 0 radical (unpaired) electrons. The predicted molar refractivity (Wildman–Crippen MR) is 65.9 cm³/mol. The van der Waals surface area contributed by atoms with Gasteiger partial charge in [-0.3, -0.25) is 14.9 Å². The number of hydrogen-bond acceptors (Lipinski definition) is 6. The van der Waals surface area contributed by atoms with Crippen LogP contribution in [0.5, 0.6) is 0 Å². The fourth-order valence-corrected chi connectivity index (χ4v) is 2.27. The van der Waals surface area contributed by atoms with Gasteiger partial charge in [-0.25, -0.2) is 9.59 Å². The van der Waals surface area contributed by atoms with E-state index in [1.54, 1.807) is 0 Å². The molecule has 1 heterocycles. The van der Waals surface area contributed by atoms with E-state index in [-0.39, 0.29) is 0 Å². The largest absolute Gasteiger partial charge is 0.478 e. The lowest BCUT2D eigenvalue weighted by Crippen LogP contribution is -2.54. The maximum Gasteiger partial charge on any atom is 0.328 e. The van der Waals surface area contributed by atoms with E-state index >= 15 is 0 Å². The average Bonchev–Trinajstić information content (AvgIpc) is 2.62. The first-order chi connectivity index (χ1) is 9.69. The van der Waals surface area contributed by atoms with Crippen molar-refractivity contribution in [1.82, 2.24) is 5.32 Å². The molecule has 3 atom stereocenters. The van der Waals surface area contributed by atoms with Crippen LogP contribution in [0.1, 0.15) is 19.3 Å². The van der Waals surface area contributed by atoms with E-state index in [0.29, 0.717) is 31.4 Å². The van der Waals surface area contributed by atoms with Crippen LogP contribution in [0.3, 0.4) is 0 Å². The number of imide groups is 1. The van der Waals surface area contributed by atoms with Crippen LogP contribution in [-0.4, -0.2) is 55.9 Å². The zero-order valence-corrected chi connectivity index (χ0v) is 10.9. The Hall–Kier alpha value is -2.26. The number of amides is 2. The van der Waals surface area contributed by atoms with Crippen molar-refractivity contribution in [3.05, 3.63) is 12.2 Å². The van der Waals surface area contributed by atoms with Crippen molar-refractivity contribution in [2.45, 2.75) is 31.0 Å². The summed E-state index contributed by atoms with van der Waals surface area (Å²) in [6, 6.07) is 0. The summed E-state index contributed by atoms with van der Waals surface area (Å²) in [7, 11) is 0. The molecule has 2 fully saturated rings. The summed E-state index contributed by atoms with van der Waals surface area (Å²) >= 11 is 0. The number of carbonyl (C=O) groups is 4. The predicted octanol–water partition coefficient (Wildman–Crippen LogP) is -1.75. The number of fused-ring (bicyclic) bond motifs is 1. The van der Waals surface area contributed by atoms with E-state index in [2.05, 4.69) is 0 Å². The molecule has 0 aromatic heterocycles. The third kappa shape index (κ3) is 3.64. The van der Waals surface area contributed by atoms with Gasteiger partial charge in [-0.15, -0.1) is 0 Å². The Morgan fingerprint density at radius 1 is 1.14 bits per heavy atom. The van der Waals surface area contributed by atoms with Crippen LogP contribution in [0.2, 0.25) is 0 Å². The summed E-state index contributed by atoms with van der Waals surface area (Å²) in [6.45, 7) is 0. The average molecular weight is 301 g/mol. The summed E-state index contributed by atoms with van der Waals surface area (Å²) < 4.78 is 0. The van der Waals surface area contributed by atoms with E-state index in [4.69, 9.17) is 10.2 Å². The highest BCUT2D eigenvalue weighted by Gasteiger charge is 2.59. The molecule has 21 heavy (non-hydrogen) atoms. The van der Waals surface area contributed by atoms with Gasteiger partial charge in [-0.2, -0.15) is 0 Å². The molecule has 0 aromatic carbocycles. The van der Waals surface area contributed by atoms with Gasteiger partial charge in [0, 0.05) is 12.2 Å². The SMILES string of the molecule is O=C(O)/C=C\C(=O)O.O=C1NC(=O)C2(O)C(O)CCCC12. The molecular weight excluding hydrogens is 286 g/mol. The number of carbonyl (C=O) groups excluding carboxylic acids is 2.